The van der Waals surface area contributed by atoms with E-state index in [-0.39, 0.29) is 23.0 Å². The molecule has 0 aliphatic rings. The van der Waals surface area contributed by atoms with Crippen molar-refractivity contribution in [2.45, 2.75) is 18.4 Å². The molecule has 2 N–H and O–H groups in total. The van der Waals surface area contributed by atoms with Crippen molar-refractivity contribution in [3.63, 3.8) is 0 Å². The van der Waals surface area contributed by atoms with Gasteiger partial charge in [0, 0.05) is 5.56 Å². The van der Waals surface area contributed by atoms with Crippen molar-refractivity contribution in [2.75, 3.05) is 7.11 Å². The molecule has 0 aliphatic carbocycles. The van der Waals surface area contributed by atoms with E-state index in [1.54, 1.807) is 38.3 Å². The van der Waals surface area contributed by atoms with Gasteiger partial charge >= 0.3 is 5.97 Å². The standard InChI is InChI=1S/C18H17N3O6S/c1-11-6-7-14(28(19,23)24)9-15(11)18(22)26-10-16-20-17(21-27-16)12-4-3-5-13(8-12)25-2/h3-9H,10H2,1-2H3,(H2,19,23,24). The summed E-state index contributed by atoms with van der Waals surface area (Å²) >= 11 is 0. The molecule has 0 unspecified atom stereocenters. The lowest BCUT2D eigenvalue weighted by molar-refractivity contribution is 0.0428. The van der Waals surface area contributed by atoms with Crippen LogP contribution in [0.3, 0.4) is 0 Å². The summed E-state index contributed by atoms with van der Waals surface area (Å²) in [5, 5.41) is 8.95. The number of rotatable bonds is 6. The van der Waals surface area contributed by atoms with Gasteiger partial charge in [0.25, 0.3) is 5.89 Å². The maximum Gasteiger partial charge on any atom is 0.338 e. The molecule has 0 saturated carbocycles. The molecule has 28 heavy (non-hydrogen) atoms. The summed E-state index contributed by atoms with van der Waals surface area (Å²) < 4.78 is 38.3. The van der Waals surface area contributed by atoms with Crippen LogP contribution in [0.15, 0.2) is 51.9 Å². The highest BCUT2D eigenvalue weighted by molar-refractivity contribution is 7.89. The number of nitrogens with zero attached hydrogens (tertiary/aromatic N) is 2. The summed E-state index contributed by atoms with van der Waals surface area (Å²) in [6.45, 7) is 1.38. The monoisotopic (exact) mass is 403 g/mol. The topological polar surface area (TPSA) is 135 Å². The first-order valence-corrected chi connectivity index (χ1v) is 9.60. The fraction of sp³-hybridized carbons (Fsp3) is 0.167. The molecule has 0 bridgehead atoms. The number of benzene rings is 2. The van der Waals surface area contributed by atoms with Crippen LogP contribution in [0, 0.1) is 6.92 Å². The molecular formula is C18H17N3O6S. The number of primary sulfonamides is 1. The molecule has 2 aromatic carbocycles. The Morgan fingerprint density at radius 1 is 1.21 bits per heavy atom. The maximum absolute atomic E-state index is 12.3. The van der Waals surface area contributed by atoms with Crippen molar-refractivity contribution in [3.05, 3.63) is 59.5 Å². The van der Waals surface area contributed by atoms with E-state index in [2.05, 4.69) is 10.1 Å². The third-order valence-corrected chi connectivity index (χ3v) is 4.79. The minimum absolute atomic E-state index is 0.0825. The van der Waals surface area contributed by atoms with Crippen LogP contribution in [0.4, 0.5) is 0 Å². The molecule has 3 aromatic rings. The summed E-state index contributed by atoms with van der Waals surface area (Å²) in [5.74, 6) is 0.313. The highest BCUT2D eigenvalue weighted by atomic mass is 32.2. The molecule has 0 spiro atoms. The number of esters is 1. The Labute approximate surface area is 161 Å². The van der Waals surface area contributed by atoms with Crippen molar-refractivity contribution in [1.82, 2.24) is 10.1 Å². The first kappa shape index (κ1) is 19.5. The van der Waals surface area contributed by atoms with Crippen molar-refractivity contribution >= 4 is 16.0 Å². The van der Waals surface area contributed by atoms with Crippen LogP contribution in [0.5, 0.6) is 5.75 Å². The van der Waals surface area contributed by atoms with Crippen LogP contribution in [0.25, 0.3) is 11.4 Å². The zero-order valence-electron chi connectivity index (χ0n) is 15.1. The largest absolute Gasteiger partial charge is 0.497 e. The number of nitrogens with two attached hydrogens (primary N) is 1. The first-order valence-electron chi connectivity index (χ1n) is 8.05. The van der Waals surface area contributed by atoms with E-state index in [1.807, 2.05) is 0 Å². The van der Waals surface area contributed by atoms with E-state index < -0.39 is 16.0 Å². The summed E-state index contributed by atoms with van der Waals surface area (Å²) in [7, 11) is -2.39. The lowest BCUT2D eigenvalue weighted by Gasteiger charge is -2.07. The van der Waals surface area contributed by atoms with E-state index in [4.69, 9.17) is 19.1 Å². The molecule has 146 valence electrons. The zero-order valence-corrected chi connectivity index (χ0v) is 15.9. The highest BCUT2D eigenvalue weighted by Crippen LogP contribution is 2.22. The van der Waals surface area contributed by atoms with Crippen molar-refractivity contribution in [2.24, 2.45) is 5.14 Å². The number of carbonyl (C=O) groups excluding carboxylic acids is 1. The van der Waals surface area contributed by atoms with Crippen LogP contribution in [0.2, 0.25) is 0 Å². The first-order chi connectivity index (χ1) is 13.3. The van der Waals surface area contributed by atoms with Gasteiger partial charge in [0.05, 0.1) is 17.6 Å². The fourth-order valence-electron chi connectivity index (χ4n) is 2.40. The van der Waals surface area contributed by atoms with Gasteiger partial charge in [-0.15, -0.1) is 0 Å². The average Bonchev–Trinajstić information content (AvgIpc) is 3.14. The van der Waals surface area contributed by atoms with Gasteiger partial charge < -0.3 is 14.0 Å². The summed E-state index contributed by atoms with van der Waals surface area (Å²) in [6, 6.07) is 11.1. The van der Waals surface area contributed by atoms with Gasteiger partial charge in [0.15, 0.2) is 6.61 Å². The van der Waals surface area contributed by atoms with Crippen LogP contribution in [-0.2, 0) is 21.4 Å². The summed E-state index contributed by atoms with van der Waals surface area (Å²) in [5.41, 5.74) is 1.30. The van der Waals surface area contributed by atoms with E-state index >= 15 is 0 Å². The van der Waals surface area contributed by atoms with Crippen molar-refractivity contribution < 1.29 is 27.2 Å². The normalized spacial score (nSPS) is 11.2. The molecule has 10 heteroatoms. The van der Waals surface area contributed by atoms with Crippen molar-refractivity contribution in [3.8, 4) is 17.1 Å². The number of carbonyl (C=O) groups is 1. The average molecular weight is 403 g/mol. The van der Waals surface area contributed by atoms with Crippen LogP contribution in [0.1, 0.15) is 21.8 Å². The minimum atomic E-state index is -3.93. The van der Waals surface area contributed by atoms with Gasteiger partial charge in [-0.1, -0.05) is 23.4 Å². The van der Waals surface area contributed by atoms with E-state index in [9.17, 15) is 13.2 Å². The Kier molecular flexibility index (Phi) is 5.43. The third kappa shape index (κ3) is 4.35. The fourth-order valence-corrected chi connectivity index (χ4v) is 2.94. The van der Waals surface area contributed by atoms with Crippen LogP contribution < -0.4 is 9.88 Å². The van der Waals surface area contributed by atoms with Gasteiger partial charge in [-0.3, -0.25) is 0 Å². The molecule has 0 radical (unpaired) electrons. The second kappa shape index (κ2) is 7.79. The number of aryl methyl sites for hydroxylation is 1. The lowest BCUT2D eigenvalue weighted by atomic mass is 10.1. The molecule has 0 atom stereocenters. The summed E-state index contributed by atoms with van der Waals surface area (Å²) in [4.78, 5) is 16.3. The SMILES string of the molecule is COc1cccc(-c2noc(COC(=O)c3cc(S(N)(=O)=O)ccc3C)n2)c1. The molecular weight excluding hydrogens is 386 g/mol. The van der Waals surface area contributed by atoms with E-state index in [0.29, 0.717) is 22.7 Å². The molecule has 1 heterocycles. The third-order valence-electron chi connectivity index (χ3n) is 3.88. The van der Waals surface area contributed by atoms with E-state index in [1.165, 1.54) is 18.2 Å². The van der Waals surface area contributed by atoms with Gasteiger partial charge in [-0.2, -0.15) is 4.98 Å². The van der Waals surface area contributed by atoms with Gasteiger partial charge in [0.2, 0.25) is 15.8 Å². The Morgan fingerprint density at radius 2 is 2.00 bits per heavy atom. The minimum Gasteiger partial charge on any atom is -0.497 e. The van der Waals surface area contributed by atoms with Gasteiger partial charge in [-0.05, 0) is 36.8 Å². The van der Waals surface area contributed by atoms with Crippen LogP contribution in [-0.4, -0.2) is 31.6 Å². The molecule has 0 aliphatic heterocycles. The Balaban J connectivity index is 1.73. The zero-order chi connectivity index (χ0) is 20.3. The molecule has 0 fully saturated rings. The number of ether oxygens (including phenoxy) is 2. The van der Waals surface area contributed by atoms with E-state index in [0.717, 1.165) is 0 Å². The summed E-state index contributed by atoms with van der Waals surface area (Å²) in [6.07, 6.45) is 0. The predicted molar refractivity (Wildman–Crippen MR) is 98.0 cm³/mol. The second-order valence-electron chi connectivity index (χ2n) is 5.84. The number of hydrogen-bond acceptors (Lipinski definition) is 8. The predicted octanol–water partition coefficient (Wildman–Crippen LogP) is 2.06. The highest BCUT2D eigenvalue weighted by Gasteiger charge is 2.17. The molecule has 3 rings (SSSR count). The van der Waals surface area contributed by atoms with Crippen LogP contribution >= 0.6 is 0 Å². The molecule has 1 aromatic heterocycles. The maximum atomic E-state index is 12.3. The number of hydrogen-bond donors (Lipinski definition) is 1. The van der Waals surface area contributed by atoms with Gasteiger partial charge in [0.1, 0.15) is 5.75 Å². The molecule has 0 amide bonds. The van der Waals surface area contributed by atoms with Gasteiger partial charge in [-0.25, -0.2) is 18.4 Å². The number of methoxy groups -OCH3 is 1. The Bertz CT molecular complexity index is 1120. The Hall–Kier alpha value is -3.24. The number of aromatic nitrogens is 2. The van der Waals surface area contributed by atoms with Crippen molar-refractivity contribution in [1.29, 1.82) is 0 Å². The quantitative estimate of drug-likeness (QED) is 0.618. The Morgan fingerprint density at radius 3 is 2.71 bits per heavy atom. The number of sulfonamides is 1. The molecule has 9 nitrogen and oxygen atoms in total. The lowest BCUT2D eigenvalue weighted by Crippen LogP contribution is -2.14. The molecule has 0 saturated heterocycles. The smallest absolute Gasteiger partial charge is 0.338 e. The second-order valence-corrected chi connectivity index (χ2v) is 7.40.